The molecule has 4 nitrogen and oxygen atoms in total. The summed E-state index contributed by atoms with van der Waals surface area (Å²) in [5, 5.41) is 0.274. The molecule has 1 heterocycles. The zero-order valence-electron chi connectivity index (χ0n) is 12.6. The topological polar surface area (TPSA) is 42.3 Å². The van der Waals surface area contributed by atoms with Crippen molar-refractivity contribution >= 4 is 23.3 Å². The van der Waals surface area contributed by atoms with Gasteiger partial charge in [-0.05, 0) is 25.1 Å². The highest BCUT2D eigenvalue weighted by Crippen LogP contribution is 2.21. The maximum absolute atomic E-state index is 13.8. The maximum Gasteiger partial charge on any atom is 0.270 e. The third-order valence-electron chi connectivity index (χ3n) is 3.43. The summed E-state index contributed by atoms with van der Waals surface area (Å²) in [4.78, 5) is 25.2. The number of carbonyl (C=O) groups excluding carboxylic acids is 2. The lowest BCUT2D eigenvalue weighted by atomic mass is 10.2. The molecule has 0 atom stereocenters. The molecule has 0 spiro atoms. The number of aromatic nitrogens is 1. The molecular weight excluding hydrogens is 307 g/mol. The number of aryl methyl sites for hydroxylation is 1. The second-order valence-electron chi connectivity index (χ2n) is 5.14. The third kappa shape index (κ3) is 3.20. The average Bonchev–Trinajstić information content (AvgIpc) is 2.84. The van der Waals surface area contributed by atoms with E-state index in [1.165, 1.54) is 30.0 Å². The van der Waals surface area contributed by atoms with Crippen molar-refractivity contribution in [1.82, 2.24) is 9.47 Å². The number of rotatable bonds is 4. The van der Waals surface area contributed by atoms with Crippen LogP contribution in [-0.2, 0) is 13.6 Å². The van der Waals surface area contributed by atoms with E-state index in [-0.39, 0.29) is 28.8 Å². The monoisotopic (exact) mass is 322 g/mol. The number of ketones is 1. The van der Waals surface area contributed by atoms with Gasteiger partial charge in [0, 0.05) is 36.4 Å². The molecule has 0 saturated heterocycles. The quantitative estimate of drug-likeness (QED) is 0.811. The zero-order chi connectivity index (χ0) is 16.4. The highest BCUT2D eigenvalue weighted by Gasteiger charge is 2.19. The van der Waals surface area contributed by atoms with E-state index in [9.17, 15) is 14.0 Å². The summed E-state index contributed by atoms with van der Waals surface area (Å²) >= 11 is 5.97. The van der Waals surface area contributed by atoms with Gasteiger partial charge < -0.3 is 9.47 Å². The number of benzene rings is 1. The van der Waals surface area contributed by atoms with Gasteiger partial charge in [-0.25, -0.2) is 4.39 Å². The molecule has 2 aromatic rings. The fourth-order valence-electron chi connectivity index (χ4n) is 2.16. The Kier molecular flexibility index (Phi) is 4.66. The number of amides is 1. The molecule has 116 valence electrons. The van der Waals surface area contributed by atoms with Crippen LogP contribution in [0.2, 0.25) is 5.02 Å². The first kappa shape index (κ1) is 16.2. The predicted octanol–water partition coefficient (Wildman–Crippen LogP) is 3.29. The van der Waals surface area contributed by atoms with E-state index in [2.05, 4.69) is 0 Å². The van der Waals surface area contributed by atoms with Crippen LogP contribution in [0.25, 0.3) is 0 Å². The molecule has 0 unspecified atom stereocenters. The summed E-state index contributed by atoms with van der Waals surface area (Å²) in [6.07, 6.45) is 1.60. The van der Waals surface area contributed by atoms with Crippen molar-refractivity contribution < 1.29 is 14.0 Å². The summed E-state index contributed by atoms with van der Waals surface area (Å²) in [6, 6.07) is 5.92. The molecule has 1 aromatic carbocycles. The van der Waals surface area contributed by atoms with Gasteiger partial charge in [0.1, 0.15) is 11.5 Å². The van der Waals surface area contributed by atoms with Gasteiger partial charge in [-0.2, -0.15) is 0 Å². The lowest BCUT2D eigenvalue weighted by molar-refractivity contribution is 0.0774. The smallest absolute Gasteiger partial charge is 0.270 e. The van der Waals surface area contributed by atoms with E-state index in [1.807, 2.05) is 0 Å². The molecule has 2 rings (SSSR count). The molecule has 0 N–H and O–H groups in total. The van der Waals surface area contributed by atoms with Crippen LogP contribution in [-0.4, -0.2) is 28.2 Å². The van der Waals surface area contributed by atoms with Gasteiger partial charge in [0.25, 0.3) is 5.91 Å². The molecule has 1 amide bonds. The van der Waals surface area contributed by atoms with Crippen molar-refractivity contribution in [3.63, 3.8) is 0 Å². The first-order chi connectivity index (χ1) is 10.3. The average molecular weight is 323 g/mol. The Bertz CT molecular complexity index is 719. The minimum Gasteiger partial charge on any atom is -0.346 e. The Hall–Kier alpha value is -2.14. The molecule has 0 aliphatic carbocycles. The Morgan fingerprint density at radius 3 is 2.59 bits per heavy atom. The van der Waals surface area contributed by atoms with Gasteiger partial charge >= 0.3 is 0 Å². The van der Waals surface area contributed by atoms with Crippen LogP contribution in [0.15, 0.2) is 30.5 Å². The van der Waals surface area contributed by atoms with E-state index in [0.717, 1.165) is 0 Å². The van der Waals surface area contributed by atoms with Gasteiger partial charge in [-0.1, -0.05) is 17.7 Å². The van der Waals surface area contributed by atoms with Gasteiger partial charge in [0.2, 0.25) is 0 Å². The first-order valence-electron chi connectivity index (χ1n) is 6.67. The molecule has 0 radical (unpaired) electrons. The third-order valence-corrected chi connectivity index (χ3v) is 3.79. The minimum absolute atomic E-state index is 0.0466. The molecule has 0 fully saturated rings. The number of carbonyl (C=O) groups is 2. The molecule has 0 aliphatic heterocycles. The van der Waals surface area contributed by atoms with Gasteiger partial charge in [-0.3, -0.25) is 9.59 Å². The minimum atomic E-state index is -0.455. The van der Waals surface area contributed by atoms with Gasteiger partial charge in [0.15, 0.2) is 5.78 Å². The van der Waals surface area contributed by atoms with Crippen molar-refractivity contribution in [2.75, 3.05) is 7.05 Å². The van der Waals surface area contributed by atoms with Crippen LogP contribution in [0.1, 0.15) is 33.3 Å². The second kappa shape index (κ2) is 6.32. The van der Waals surface area contributed by atoms with E-state index in [1.54, 1.807) is 30.9 Å². The normalized spacial score (nSPS) is 10.6. The second-order valence-corrected chi connectivity index (χ2v) is 5.55. The fraction of sp³-hybridized carbons (Fsp3) is 0.250. The highest BCUT2D eigenvalue weighted by molar-refractivity contribution is 6.31. The molecule has 0 aliphatic rings. The summed E-state index contributed by atoms with van der Waals surface area (Å²) in [5.74, 6) is -0.882. The van der Waals surface area contributed by atoms with Crippen LogP contribution < -0.4 is 0 Å². The van der Waals surface area contributed by atoms with Crippen LogP contribution in [0.3, 0.4) is 0 Å². The summed E-state index contributed by atoms with van der Waals surface area (Å²) < 4.78 is 15.4. The van der Waals surface area contributed by atoms with Gasteiger partial charge in [-0.15, -0.1) is 0 Å². The Morgan fingerprint density at radius 2 is 2.05 bits per heavy atom. The zero-order valence-corrected chi connectivity index (χ0v) is 13.3. The molecule has 0 saturated carbocycles. The number of halogens is 2. The molecular formula is C16H16ClFN2O2. The molecule has 1 aromatic heterocycles. The number of nitrogens with zero attached hydrogens (tertiary/aromatic N) is 2. The fourth-order valence-corrected chi connectivity index (χ4v) is 2.38. The van der Waals surface area contributed by atoms with Crippen molar-refractivity contribution in [3.8, 4) is 0 Å². The van der Waals surface area contributed by atoms with Crippen molar-refractivity contribution in [3.05, 3.63) is 58.1 Å². The van der Waals surface area contributed by atoms with Crippen LogP contribution in [0.4, 0.5) is 4.39 Å². The van der Waals surface area contributed by atoms with Crippen molar-refractivity contribution in [2.24, 2.45) is 7.05 Å². The Labute approximate surface area is 133 Å². The lowest BCUT2D eigenvalue weighted by Gasteiger charge is -2.18. The van der Waals surface area contributed by atoms with E-state index < -0.39 is 5.82 Å². The Balaban J connectivity index is 2.24. The van der Waals surface area contributed by atoms with Crippen LogP contribution >= 0.6 is 11.6 Å². The summed E-state index contributed by atoms with van der Waals surface area (Å²) in [7, 11) is 3.25. The van der Waals surface area contributed by atoms with Crippen LogP contribution in [0.5, 0.6) is 0 Å². The SMILES string of the molecule is CC(=O)c1cc(C(=O)N(C)Cc2c(F)cccc2Cl)n(C)c1. The van der Waals surface area contributed by atoms with Crippen molar-refractivity contribution in [1.29, 1.82) is 0 Å². The molecule has 0 bridgehead atoms. The van der Waals surface area contributed by atoms with E-state index >= 15 is 0 Å². The highest BCUT2D eigenvalue weighted by atomic mass is 35.5. The Morgan fingerprint density at radius 1 is 1.36 bits per heavy atom. The van der Waals surface area contributed by atoms with E-state index in [0.29, 0.717) is 11.3 Å². The number of Topliss-reactive ketones (excluding diaryl/α,β-unsaturated/α-hetero) is 1. The largest absolute Gasteiger partial charge is 0.346 e. The summed E-state index contributed by atoms with van der Waals surface area (Å²) in [5.41, 5.74) is 1.09. The first-order valence-corrected chi connectivity index (χ1v) is 7.04. The summed E-state index contributed by atoms with van der Waals surface area (Å²) in [6.45, 7) is 1.48. The molecule has 6 heteroatoms. The predicted molar refractivity (Wildman–Crippen MR) is 82.6 cm³/mol. The van der Waals surface area contributed by atoms with E-state index in [4.69, 9.17) is 11.6 Å². The van der Waals surface area contributed by atoms with Crippen molar-refractivity contribution in [2.45, 2.75) is 13.5 Å². The maximum atomic E-state index is 13.8. The number of hydrogen-bond donors (Lipinski definition) is 0. The molecule has 22 heavy (non-hydrogen) atoms. The number of hydrogen-bond acceptors (Lipinski definition) is 2. The standard InChI is InChI=1S/C16H16ClFN2O2/c1-10(21)11-7-15(19(2)8-11)16(22)20(3)9-12-13(17)5-4-6-14(12)18/h4-8H,9H2,1-3H3. The lowest BCUT2D eigenvalue weighted by Crippen LogP contribution is -2.28. The van der Waals surface area contributed by atoms with Crippen LogP contribution in [0, 0.1) is 5.82 Å². The van der Waals surface area contributed by atoms with Gasteiger partial charge in [0.05, 0.1) is 6.54 Å².